The molecule has 0 radical (unpaired) electrons. The van der Waals surface area contributed by atoms with Crippen molar-refractivity contribution in [2.75, 3.05) is 0 Å². The van der Waals surface area contributed by atoms with Crippen molar-refractivity contribution in [1.29, 1.82) is 0 Å². The molecular weight excluding hydrogens is 196 g/mol. The third-order valence-corrected chi connectivity index (χ3v) is 3.28. The molecule has 2 heteroatoms. The maximum absolute atomic E-state index is 6.23. The number of allylic oxidation sites excluding steroid dienone is 1. The van der Waals surface area contributed by atoms with Gasteiger partial charge in [-0.05, 0) is 26.2 Å². The molecule has 0 heterocycles. The number of ether oxygens (including phenoxy) is 1. The monoisotopic (exact) mass is 216 g/mol. The van der Waals surface area contributed by atoms with Gasteiger partial charge in [0.25, 0.3) is 0 Å². The van der Waals surface area contributed by atoms with Crippen molar-refractivity contribution in [3.63, 3.8) is 0 Å². The molecule has 1 fully saturated rings. The number of hydrogen-bond acceptors (Lipinski definition) is 1. The first kappa shape index (κ1) is 12.1. The number of hydrogen-bond donors (Lipinski definition) is 0. The molecule has 0 N–H and O–H groups in total. The lowest BCUT2D eigenvalue weighted by Gasteiger charge is -2.29. The quantitative estimate of drug-likeness (QED) is 0.512. The molecule has 0 aliphatic heterocycles. The fourth-order valence-electron chi connectivity index (χ4n) is 1.92. The highest BCUT2D eigenvalue weighted by atomic mass is 35.5. The average Bonchev–Trinajstić information content (AvgIpc) is 2.20. The van der Waals surface area contributed by atoms with Gasteiger partial charge in [-0.1, -0.05) is 31.9 Å². The lowest BCUT2D eigenvalue weighted by atomic mass is 9.97. The molecule has 82 valence electrons. The Morgan fingerprint density at radius 1 is 1.43 bits per heavy atom. The topological polar surface area (TPSA) is 9.23 Å². The molecule has 0 aromatic rings. The zero-order valence-electron chi connectivity index (χ0n) is 9.21. The van der Waals surface area contributed by atoms with Gasteiger partial charge in [-0.25, -0.2) is 0 Å². The van der Waals surface area contributed by atoms with Gasteiger partial charge in [0.15, 0.2) is 0 Å². The molecule has 0 aromatic carbocycles. The maximum Gasteiger partial charge on any atom is 0.0757 e. The van der Waals surface area contributed by atoms with Gasteiger partial charge in [0, 0.05) is 0 Å². The van der Waals surface area contributed by atoms with E-state index in [9.17, 15) is 0 Å². The largest absolute Gasteiger partial charge is 0.369 e. The van der Waals surface area contributed by atoms with Crippen molar-refractivity contribution >= 4 is 11.6 Å². The van der Waals surface area contributed by atoms with Crippen LogP contribution in [0.15, 0.2) is 12.2 Å². The van der Waals surface area contributed by atoms with Crippen LogP contribution in [0.3, 0.4) is 0 Å². The number of alkyl halides is 1. The SMILES string of the molecule is C/C=C/C(CC)OC1CCCCC1Cl. The molecule has 1 saturated carbocycles. The maximum atomic E-state index is 6.23. The smallest absolute Gasteiger partial charge is 0.0757 e. The Kier molecular flexibility index (Phi) is 5.57. The number of halogens is 1. The Labute approximate surface area is 92.5 Å². The van der Waals surface area contributed by atoms with Crippen molar-refractivity contribution in [3.8, 4) is 0 Å². The van der Waals surface area contributed by atoms with Gasteiger partial charge in [0.2, 0.25) is 0 Å². The summed E-state index contributed by atoms with van der Waals surface area (Å²) in [6, 6.07) is 0. The summed E-state index contributed by atoms with van der Waals surface area (Å²) in [5.41, 5.74) is 0. The van der Waals surface area contributed by atoms with Crippen LogP contribution in [0.2, 0.25) is 0 Å². The fourth-order valence-corrected chi connectivity index (χ4v) is 2.26. The van der Waals surface area contributed by atoms with Crippen LogP contribution in [-0.2, 0) is 4.74 Å². The Hall–Kier alpha value is -0.0100. The van der Waals surface area contributed by atoms with Crippen LogP contribution in [0.5, 0.6) is 0 Å². The van der Waals surface area contributed by atoms with E-state index in [2.05, 4.69) is 19.1 Å². The molecule has 0 amide bonds. The molecule has 1 rings (SSSR count). The van der Waals surface area contributed by atoms with E-state index >= 15 is 0 Å². The van der Waals surface area contributed by atoms with Crippen LogP contribution < -0.4 is 0 Å². The molecule has 3 atom stereocenters. The fraction of sp³-hybridized carbons (Fsp3) is 0.833. The van der Waals surface area contributed by atoms with Gasteiger partial charge in [-0.2, -0.15) is 0 Å². The molecule has 0 spiro atoms. The molecule has 1 nitrogen and oxygen atoms in total. The van der Waals surface area contributed by atoms with Crippen LogP contribution in [0, 0.1) is 0 Å². The summed E-state index contributed by atoms with van der Waals surface area (Å²) in [7, 11) is 0. The zero-order valence-corrected chi connectivity index (χ0v) is 9.96. The summed E-state index contributed by atoms with van der Waals surface area (Å²) < 4.78 is 5.97. The summed E-state index contributed by atoms with van der Waals surface area (Å²) in [4.78, 5) is 0. The number of rotatable bonds is 4. The van der Waals surface area contributed by atoms with E-state index in [1.807, 2.05) is 6.92 Å². The standard InChI is InChI=1S/C12H21ClO/c1-3-7-10(4-2)14-12-9-6-5-8-11(12)13/h3,7,10-12H,4-6,8-9H2,1-2H3/b7-3+. The first-order valence-corrected chi connectivity index (χ1v) is 6.14. The van der Waals surface area contributed by atoms with Crippen LogP contribution in [0.4, 0.5) is 0 Å². The first-order valence-electron chi connectivity index (χ1n) is 5.70. The second-order valence-corrected chi connectivity index (χ2v) is 4.51. The normalized spacial score (nSPS) is 30.8. The second kappa shape index (κ2) is 6.47. The zero-order chi connectivity index (χ0) is 10.4. The molecule has 0 bridgehead atoms. The minimum atomic E-state index is 0.225. The van der Waals surface area contributed by atoms with Crippen molar-refractivity contribution in [1.82, 2.24) is 0 Å². The van der Waals surface area contributed by atoms with Crippen molar-refractivity contribution in [3.05, 3.63) is 12.2 Å². The van der Waals surface area contributed by atoms with Crippen LogP contribution >= 0.6 is 11.6 Å². The van der Waals surface area contributed by atoms with E-state index in [-0.39, 0.29) is 17.6 Å². The van der Waals surface area contributed by atoms with Crippen molar-refractivity contribution < 1.29 is 4.74 Å². The highest BCUT2D eigenvalue weighted by Gasteiger charge is 2.25. The predicted octanol–water partition coefficient (Wildman–Crippen LogP) is 3.91. The predicted molar refractivity (Wildman–Crippen MR) is 61.9 cm³/mol. The molecule has 0 saturated heterocycles. The van der Waals surface area contributed by atoms with Crippen LogP contribution in [-0.4, -0.2) is 17.6 Å². The summed E-state index contributed by atoms with van der Waals surface area (Å²) in [6.07, 6.45) is 10.5. The molecular formula is C12H21ClO. The highest BCUT2D eigenvalue weighted by molar-refractivity contribution is 6.21. The Bertz CT molecular complexity index is 179. The van der Waals surface area contributed by atoms with Gasteiger partial charge in [0.1, 0.15) is 0 Å². The van der Waals surface area contributed by atoms with E-state index in [1.165, 1.54) is 12.8 Å². The lowest BCUT2D eigenvalue weighted by Crippen LogP contribution is -2.31. The molecule has 1 aliphatic rings. The molecule has 14 heavy (non-hydrogen) atoms. The Morgan fingerprint density at radius 2 is 2.14 bits per heavy atom. The minimum Gasteiger partial charge on any atom is -0.369 e. The van der Waals surface area contributed by atoms with Gasteiger partial charge in [-0.15, -0.1) is 11.6 Å². The third kappa shape index (κ3) is 3.62. The summed E-state index contributed by atoms with van der Waals surface area (Å²) in [5, 5.41) is 0.225. The van der Waals surface area contributed by atoms with Crippen LogP contribution in [0.25, 0.3) is 0 Å². The summed E-state index contributed by atoms with van der Waals surface area (Å²) in [6.45, 7) is 4.18. The minimum absolute atomic E-state index is 0.225. The molecule has 0 aromatic heterocycles. The highest BCUT2D eigenvalue weighted by Crippen LogP contribution is 2.27. The van der Waals surface area contributed by atoms with Crippen LogP contribution in [0.1, 0.15) is 46.0 Å². The third-order valence-electron chi connectivity index (χ3n) is 2.78. The second-order valence-electron chi connectivity index (χ2n) is 3.95. The Morgan fingerprint density at radius 3 is 2.71 bits per heavy atom. The van der Waals surface area contributed by atoms with Gasteiger partial charge < -0.3 is 4.74 Å². The lowest BCUT2D eigenvalue weighted by molar-refractivity contribution is -0.00578. The summed E-state index contributed by atoms with van der Waals surface area (Å²) >= 11 is 6.23. The first-order chi connectivity index (χ1) is 6.77. The van der Waals surface area contributed by atoms with E-state index in [0.29, 0.717) is 0 Å². The van der Waals surface area contributed by atoms with E-state index in [1.54, 1.807) is 0 Å². The van der Waals surface area contributed by atoms with Crippen molar-refractivity contribution in [2.24, 2.45) is 0 Å². The van der Waals surface area contributed by atoms with E-state index in [0.717, 1.165) is 19.3 Å². The average molecular weight is 217 g/mol. The molecule has 3 unspecified atom stereocenters. The van der Waals surface area contributed by atoms with E-state index < -0.39 is 0 Å². The summed E-state index contributed by atoms with van der Waals surface area (Å²) in [5.74, 6) is 0. The Balaban J connectivity index is 2.39. The van der Waals surface area contributed by atoms with Crippen molar-refractivity contribution in [2.45, 2.75) is 63.5 Å². The van der Waals surface area contributed by atoms with Gasteiger partial charge in [-0.3, -0.25) is 0 Å². The van der Waals surface area contributed by atoms with Gasteiger partial charge >= 0.3 is 0 Å². The molecule has 1 aliphatic carbocycles. The van der Waals surface area contributed by atoms with E-state index in [4.69, 9.17) is 16.3 Å². The van der Waals surface area contributed by atoms with Gasteiger partial charge in [0.05, 0.1) is 17.6 Å².